The van der Waals surface area contributed by atoms with Crippen LogP contribution in [0.2, 0.25) is 5.02 Å². The van der Waals surface area contributed by atoms with Gasteiger partial charge in [0.25, 0.3) is 5.91 Å². The topological polar surface area (TPSA) is 75.6 Å². The molecule has 0 aliphatic heterocycles. The van der Waals surface area contributed by atoms with Crippen molar-refractivity contribution in [3.05, 3.63) is 58.1 Å². The van der Waals surface area contributed by atoms with E-state index in [1.807, 2.05) is 13.0 Å². The standard InChI is InChI=1S/C16H14ClNO4/c1-9-4-3-5-12(14(9)22-2)15(19)18-10-6-7-11(16(20)21)13(17)8-10/h3-8H,1-2H3,(H,18,19)(H,20,21). The lowest BCUT2D eigenvalue weighted by atomic mass is 10.1. The molecule has 5 nitrogen and oxygen atoms in total. The van der Waals surface area contributed by atoms with E-state index in [4.69, 9.17) is 21.4 Å². The maximum atomic E-state index is 12.3. The minimum atomic E-state index is -1.12. The third kappa shape index (κ3) is 3.20. The van der Waals surface area contributed by atoms with Gasteiger partial charge in [0.15, 0.2) is 0 Å². The van der Waals surface area contributed by atoms with Crippen LogP contribution in [0.25, 0.3) is 0 Å². The molecule has 0 heterocycles. The van der Waals surface area contributed by atoms with Gasteiger partial charge in [-0.15, -0.1) is 0 Å². The lowest BCUT2D eigenvalue weighted by Gasteiger charge is -2.12. The van der Waals surface area contributed by atoms with Crippen molar-refractivity contribution in [3.63, 3.8) is 0 Å². The summed E-state index contributed by atoms with van der Waals surface area (Å²) in [6.45, 7) is 1.84. The number of methoxy groups -OCH3 is 1. The van der Waals surface area contributed by atoms with E-state index in [-0.39, 0.29) is 16.5 Å². The van der Waals surface area contributed by atoms with Crippen LogP contribution in [0, 0.1) is 6.92 Å². The Hall–Kier alpha value is -2.53. The zero-order valence-corrected chi connectivity index (χ0v) is 12.8. The van der Waals surface area contributed by atoms with Gasteiger partial charge in [0.05, 0.1) is 23.3 Å². The number of aryl methyl sites for hydroxylation is 1. The van der Waals surface area contributed by atoms with Gasteiger partial charge in [-0.3, -0.25) is 4.79 Å². The fourth-order valence-electron chi connectivity index (χ4n) is 2.07. The molecule has 0 spiro atoms. The number of benzene rings is 2. The number of carboxylic acid groups (broad SMARTS) is 1. The first-order valence-electron chi connectivity index (χ1n) is 6.42. The van der Waals surface area contributed by atoms with Crippen molar-refractivity contribution < 1.29 is 19.4 Å². The molecule has 2 N–H and O–H groups in total. The summed E-state index contributed by atoms with van der Waals surface area (Å²) in [5.74, 6) is -0.990. The van der Waals surface area contributed by atoms with Crippen molar-refractivity contribution in [1.82, 2.24) is 0 Å². The third-order valence-corrected chi connectivity index (χ3v) is 3.43. The normalized spacial score (nSPS) is 10.1. The summed E-state index contributed by atoms with van der Waals surface area (Å²) in [7, 11) is 1.50. The van der Waals surface area contributed by atoms with Crippen molar-refractivity contribution in [2.24, 2.45) is 0 Å². The predicted octanol–water partition coefficient (Wildman–Crippen LogP) is 3.61. The number of hydrogen-bond acceptors (Lipinski definition) is 3. The number of halogens is 1. The Kier molecular flexibility index (Phi) is 4.68. The van der Waals surface area contributed by atoms with Crippen LogP contribution in [0.3, 0.4) is 0 Å². The third-order valence-electron chi connectivity index (χ3n) is 3.12. The molecule has 0 radical (unpaired) electrons. The van der Waals surface area contributed by atoms with Crippen LogP contribution in [0.15, 0.2) is 36.4 Å². The van der Waals surface area contributed by atoms with Crippen LogP contribution < -0.4 is 10.1 Å². The number of carboxylic acids is 1. The molecule has 2 rings (SSSR count). The zero-order valence-electron chi connectivity index (χ0n) is 12.0. The van der Waals surface area contributed by atoms with Crippen molar-refractivity contribution in [2.75, 3.05) is 12.4 Å². The van der Waals surface area contributed by atoms with E-state index in [1.165, 1.54) is 25.3 Å². The van der Waals surface area contributed by atoms with Crippen LogP contribution in [0.4, 0.5) is 5.69 Å². The summed E-state index contributed by atoms with van der Waals surface area (Å²) in [6, 6.07) is 9.46. The SMILES string of the molecule is COc1c(C)cccc1C(=O)Nc1ccc(C(=O)O)c(Cl)c1. The number of para-hydroxylation sites is 1. The van der Waals surface area contributed by atoms with E-state index in [9.17, 15) is 9.59 Å². The maximum absolute atomic E-state index is 12.3. The zero-order chi connectivity index (χ0) is 16.3. The van der Waals surface area contributed by atoms with Gasteiger partial charge >= 0.3 is 5.97 Å². The average Bonchev–Trinajstić information content (AvgIpc) is 2.46. The molecule has 114 valence electrons. The fraction of sp³-hybridized carbons (Fsp3) is 0.125. The van der Waals surface area contributed by atoms with Gasteiger partial charge in [0, 0.05) is 5.69 Å². The Morgan fingerprint density at radius 3 is 2.50 bits per heavy atom. The van der Waals surface area contributed by atoms with Crippen molar-refractivity contribution >= 4 is 29.2 Å². The first-order valence-corrected chi connectivity index (χ1v) is 6.79. The first-order chi connectivity index (χ1) is 10.4. The smallest absolute Gasteiger partial charge is 0.337 e. The van der Waals surface area contributed by atoms with Crippen molar-refractivity contribution in [3.8, 4) is 5.75 Å². The van der Waals surface area contributed by atoms with E-state index in [2.05, 4.69) is 5.32 Å². The molecule has 0 aromatic heterocycles. The molecular weight excluding hydrogens is 306 g/mol. The second-order valence-electron chi connectivity index (χ2n) is 4.61. The minimum Gasteiger partial charge on any atom is -0.496 e. The van der Waals surface area contributed by atoms with Gasteiger partial charge in [-0.05, 0) is 36.8 Å². The summed E-state index contributed by atoms with van der Waals surface area (Å²) in [5.41, 5.74) is 1.62. The fourth-order valence-corrected chi connectivity index (χ4v) is 2.33. The van der Waals surface area contributed by atoms with Crippen LogP contribution in [0.1, 0.15) is 26.3 Å². The van der Waals surface area contributed by atoms with Gasteiger partial charge < -0.3 is 15.2 Å². The highest BCUT2D eigenvalue weighted by molar-refractivity contribution is 6.33. The molecule has 22 heavy (non-hydrogen) atoms. The van der Waals surface area contributed by atoms with Crippen LogP contribution >= 0.6 is 11.6 Å². The average molecular weight is 320 g/mol. The van der Waals surface area contributed by atoms with E-state index in [0.29, 0.717) is 17.0 Å². The Bertz CT molecular complexity index is 743. The number of anilines is 1. The summed E-state index contributed by atoms with van der Waals surface area (Å²) in [6.07, 6.45) is 0. The first kappa shape index (κ1) is 15.9. The molecule has 2 aromatic carbocycles. The predicted molar refractivity (Wildman–Crippen MR) is 84.1 cm³/mol. The Balaban J connectivity index is 2.28. The van der Waals surface area contributed by atoms with Crippen LogP contribution in [-0.2, 0) is 0 Å². The van der Waals surface area contributed by atoms with Gasteiger partial charge in [0.1, 0.15) is 5.75 Å². The Labute approximate surface area is 132 Å². The summed E-state index contributed by atoms with van der Waals surface area (Å²) in [4.78, 5) is 23.2. The number of hydrogen-bond donors (Lipinski definition) is 2. The number of carbonyl (C=O) groups excluding carboxylic acids is 1. The van der Waals surface area contributed by atoms with Crippen LogP contribution in [-0.4, -0.2) is 24.1 Å². The summed E-state index contributed by atoms with van der Waals surface area (Å²) < 4.78 is 5.24. The molecule has 0 saturated carbocycles. The minimum absolute atomic E-state index is 0.0206. The van der Waals surface area contributed by atoms with Gasteiger partial charge in [-0.25, -0.2) is 4.79 Å². The highest BCUT2D eigenvalue weighted by Crippen LogP contribution is 2.25. The van der Waals surface area contributed by atoms with E-state index in [1.54, 1.807) is 12.1 Å². The molecular formula is C16H14ClNO4. The maximum Gasteiger partial charge on any atom is 0.337 e. The monoisotopic (exact) mass is 319 g/mol. The van der Waals surface area contributed by atoms with Crippen molar-refractivity contribution in [2.45, 2.75) is 6.92 Å². The molecule has 0 aliphatic carbocycles. The second kappa shape index (κ2) is 6.49. The number of nitrogens with one attached hydrogen (secondary N) is 1. The lowest BCUT2D eigenvalue weighted by molar-refractivity contribution is 0.0697. The number of aromatic carboxylic acids is 1. The molecule has 6 heteroatoms. The largest absolute Gasteiger partial charge is 0.496 e. The number of ether oxygens (including phenoxy) is 1. The number of amides is 1. The molecule has 0 atom stereocenters. The molecule has 0 fully saturated rings. The van der Waals surface area contributed by atoms with Crippen LogP contribution in [0.5, 0.6) is 5.75 Å². The van der Waals surface area contributed by atoms with E-state index < -0.39 is 5.97 Å². The highest BCUT2D eigenvalue weighted by Gasteiger charge is 2.15. The van der Waals surface area contributed by atoms with Gasteiger partial charge in [0.2, 0.25) is 0 Å². The molecule has 2 aromatic rings. The van der Waals surface area contributed by atoms with E-state index >= 15 is 0 Å². The van der Waals surface area contributed by atoms with E-state index in [0.717, 1.165) is 5.56 Å². The quantitative estimate of drug-likeness (QED) is 0.902. The summed E-state index contributed by atoms with van der Waals surface area (Å²) >= 11 is 5.88. The van der Waals surface area contributed by atoms with Gasteiger partial charge in [-0.1, -0.05) is 23.7 Å². The molecule has 0 unspecified atom stereocenters. The number of carbonyl (C=O) groups is 2. The second-order valence-corrected chi connectivity index (χ2v) is 5.02. The molecule has 0 aliphatic rings. The van der Waals surface area contributed by atoms with Crippen molar-refractivity contribution in [1.29, 1.82) is 0 Å². The molecule has 1 amide bonds. The lowest BCUT2D eigenvalue weighted by Crippen LogP contribution is -2.14. The van der Waals surface area contributed by atoms with Gasteiger partial charge in [-0.2, -0.15) is 0 Å². The molecule has 0 saturated heterocycles. The number of rotatable bonds is 4. The Morgan fingerprint density at radius 2 is 1.91 bits per heavy atom. The molecule has 0 bridgehead atoms. The highest BCUT2D eigenvalue weighted by atomic mass is 35.5. The Morgan fingerprint density at radius 1 is 1.18 bits per heavy atom. The summed E-state index contributed by atoms with van der Waals surface area (Å²) in [5, 5.41) is 11.7.